The highest BCUT2D eigenvalue weighted by atomic mass is 79.9. The van der Waals surface area contributed by atoms with Gasteiger partial charge >= 0.3 is 0 Å². The number of nitrogens with one attached hydrogen (secondary N) is 2. The van der Waals surface area contributed by atoms with Gasteiger partial charge in [0, 0.05) is 31.9 Å². The van der Waals surface area contributed by atoms with Crippen molar-refractivity contribution in [2.24, 2.45) is 5.73 Å². The smallest absolute Gasteiger partial charge is 0.241 e. The molecule has 0 bridgehead atoms. The number of nitrogens with two attached hydrogens (primary N) is 1. The first-order valence-corrected chi connectivity index (χ1v) is 10.1. The molecule has 29 heavy (non-hydrogen) atoms. The van der Waals surface area contributed by atoms with E-state index in [2.05, 4.69) is 26.1 Å². The molecule has 1 fully saturated rings. The van der Waals surface area contributed by atoms with Crippen LogP contribution in [0.2, 0.25) is 0 Å². The topological polar surface area (TPSA) is 85.4 Å². The van der Waals surface area contributed by atoms with Gasteiger partial charge in [-0.05, 0) is 45.8 Å². The molecule has 6 nitrogen and oxygen atoms in total. The highest BCUT2D eigenvalue weighted by Crippen LogP contribution is 2.21. The van der Waals surface area contributed by atoms with Crippen LogP contribution in [0.25, 0.3) is 5.70 Å². The number of amides is 1. The first-order chi connectivity index (χ1) is 14.0. The van der Waals surface area contributed by atoms with E-state index in [0.717, 1.165) is 11.3 Å². The molecule has 3 rings (SSSR count). The maximum Gasteiger partial charge on any atom is 0.241 e. The Morgan fingerprint density at radius 1 is 1.07 bits per heavy atom. The minimum Gasteiger partial charge on any atom is -0.383 e. The van der Waals surface area contributed by atoms with E-state index in [9.17, 15) is 9.18 Å². The highest BCUT2D eigenvalue weighted by Gasteiger charge is 2.22. The van der Waals surface area contributed by atoms with Crippen LogP contribution in [0.15, 0.2) is 59.1 Å². The van der Waals surface area contributed by atoms with Crippen LogP contribution in [0, 0.1) is 11.2 Å². The fourth-order valence-electron chi connectivity index (χ4n) is 3.19. The van der Waals surface area contributed by atoms with Crippen molar-refractivity contribution in [3.8, 4) is 0 Å². The molecule has 2 aromatic rings. The Hall–Kier alpha value is -2.87. The third kappa shape index (κ3) is 5.35. The van der Waals surface area contributed by atoms with Gasteiger partial charge in [0.15, 0.2) is 0 Å². The molecule has 152 valence electrons. The lowest BCUT2D eigenvalue weighted by Crippen LogP contribution is -2.50. The molecule has 0 radical (unpaired) electrons. The van der Waals surface area contributed by atoms with Gasteiger partial charge in [0.25, 0.3) is 0 Å². The maximum absolute atomic E-state index is 13.1. The Labute approximate surface area is 177 Å². The van der Waals surface area contributed by atoms with E-state index in [1.807, 2.05) is 30.3 Å². The molecule has 1 aliphatic rings. The summed E-state index contributed by atoms with van der Waals surface area (Å²) in [7, 11) is 0. The summed E-state index contributed by atoms with van der Waals surface area (Å²) in [5.41, 5.74) is 8.02. The van der Waals surface area contributed by atoms with Crippen LogP contribution in [0.4, 0.5) is 10.1 Å². The summed E-state index contributed by atoms with van der Waals surface area (Å²) in [6, 6.07) is 15.8. The summed E-state index contributed by atoms with van der Waals surface area (Å²) in [5, 5.41) is 10.8. The first-order valence-electron chi connectivity index (χ1n) is 9.27. The minimum atomic E-state index is -0.257. The fourth-order valence-corrected chi connectivity index (χ4v) is 3.56. The van der Waals surface area contributed by atoms with Crippen molar-refractivity contribution >= 4 is 39.1 Å². The SMILES string of the molecule is N=C(N)/C(Br)=C(\NCC(=O)N1CCN(c2ccc(F)cc2)CC1)c1ccccc1. The zero-order valence-electron chi connectivity index (χ0n) is 15.9. The molecule has 0 spiro atoms. The number of hydrogen-bond donors (Lipinski definition) is 3. The van der Waals surface area contributed by atoms with Crippen molar-refractivity contribution in [3.05, 3.63) is 70.5 Å². The third-order valence-corrected chi connectivity index (χ3v) is 5.58. The van der Waals surface area contributed by atoms with Gasteiger partial charge in [0.2, 0.25) is 5.91 Å². The standard InChI is InChI=1S/C21H23BrFN5O/c22-19(21(24)25)20(15-4-2-1-3-5-15)26-14-18(29)28-12-10-27(11-13-28)17-8-6-16(23)7-9-17/h1-9,26H,10-14H2,(H3,24,25)/b20-19+. The average molecular weight is 460 g/mol. The summed E-state index contributed by atoms with van der Waals surface area (Å²) in [4.78, 5) is 16.6. The number of benzene rings is 2. The highest BCUT2D eigenvalue weighted by molar-refractivity contribution is 9.12. The van der Waals surface area contributed by atoms with Crippen LogP contribution in [0.1, 0.15) is 5.56 Å². The Morgan fingerprint density at radius 2 is 1.69 bits per heavy atom. The van der Waals surface area contributed by atoms with Crippen molar-refractivity contribution in [1.29, 1.82) is 5.41 Å². The molecule has 1 aliphatic heterocycles. The van der Waals surface area contributed by atoms with Crippen LogP contribution in [0.3, 0.4) is 0 Å². The summed E-state index contributed by atoms with van der Waals surface area (Å²) in [5.74, 6) is -0.398. The second kappa shape index (κ2) is 9.56. The number of rotatable bonds is 6. The van der Waals surface area contributed by atoms with Gasteiger partial charge in [0.05, 0.1) is 16.7 Å². The number of carbonyl (C=O) groups is 1. The Bertz CT molecular complexity index is 893. The van der Waals surface area contributed by atoms with Gasteiger partial charge in [-0.3, -0.25) is 10.2 Å². The van der Waals surface area contributed by atoms with Crippen molar-refractivity contribution in [1.82, 2.24) is 10.2 Å². The van der Waals surface area contributed by atoms with Gasteiger partial charge in [-0.2, -0.15) is 0 Å². The zero-order chi connectivity index (χ0) is 20.8. The van der Waals surface area contributed by atoms with Crippen molar-refractivity contribution < 1.29 is 9.18 Å². The quantitative estimate of drug-likeness (QED) is 0.457. The number of amidine groups is 1. The van der Waals surface area contributed by atoms with E-state index in [-0.39, 0.29) is 24.1 Å². The van der Waals surface area contributed by atoms with Gasteiger partial charge in [-0.15, -0.1) is 0 Å². The van der Waals surface area contributed by atoms with E-state index in [1.54, 1.807) is 17.0 Å². The summed E-state index contributed by atoms with van der Waals surface area (Å²) in [6.45, 7) is 2.67. The molecule has 4 N–H and O–H groups in total. The molecule has 0 unspecified atom stereocenters. The Balaban J connectivity index is 1.59. The predicted octanol–water partition coefficient (Wildman–Crippen LogP) is 2.76. The van der Waals surface area contributed by atoms with Crippen molar-refractivity contribution in [3.63, 3.8) is 0 Å². The Kier molecular flexibility index (Phi) is 6.87. The van der Waals surface area contributed by atoms with Gasteiger partial charge < -0.3 is 20.9 Å². The number of carbonyl (C=O) groups excluding carboxylic acids is 1. The van der Waals surface area contributed by atoms with Crippen LogP contribution in [-0.2, 0) is 4.79 Å². The molecular formula is C21H23BrFN5O. The van der Waals surface area contributed by atoms with Crippen LogP contribution < -0.4 is 16.0 Å². The van der Waals surface area contributed by atoms with Gasteiger partial charge in [0.1, 0.15) is 11.7 Å². The minimum absolute atomic E-state index is 0.0268. The van der Waals surface area contributed by atoms with Crippen LogP contribution in [0.5, 0.6) is 0 Å². The summed E-state index contributed by atoms with van der Waals surface area (Å²) in [6.07, 6.45) is 0. The molecule has 1 saturated heterocycles. The summed E-state index contributed by atoms with van der Waals surface area (Å²) >= 11 is 3.34. The lowest BCUT2D eigenvalue weighted by molar-refractivity contribution is -0.130. The lowest BCUT2D eigenvalue weighted by Gasteiger charge is -2.36. The zero-order valence-corrected chi connectivity index (χ0v) is 17.5. The second-order valence-electron chi connectivity index (χ2n) is 6.67. The molecule has 0 atom stereocenters. The second-order valence-corrected chi connectivity index (χ2v) is 7.46. The molecule has 0 aliphatic carbocycles. The number of nitrogens with zero attached hydrogens (tertiary/aromatic N) is 2. The summed E-state index contributed by atoms with van der Waals surface area (Å²) < 4.78 is 13.5. The van der Waals surface area contributed by atoms with Crippen LogP contribution in [-0.4, -0.2) is 49.4 Å². The number of piperazine rings is 1. The maximum atomic E-state index is 13.1. The van der Waals surface area contributed by atoms with Crippen molar-refractivity contribution in [2.45, 2.75) is 0 Å². The van der Waals surface area contributed by atoms with Crippen molar-refractivity contribution in [2.75, 3.05) is 37.6 Å². The Morgan fingerprint density at radius 3 is 2.28 bits per heavy atom. The van der Waals surface area contributed by atoms with E-state index < -0.39 is 0 Å². The van der Waals surface area contributed by atoms with Gasteiger partial charge in [-0.25, -0.2) is 4.39 Å². The third-order valence-electron chi connectivity index (χ3n) is 4.76. The molecule has 0 aromatic heterocycles. The predicted molar refractivity (Wildman–Crippen MR) is 117 cm³/mol. The average Bonchev–Trinajstić information content (AvgIpc) is 2.75. The molecule has 8 heteroatoms. The van der Waals surface area contributed by atoms with Gasteiger partial charge in [-0.1, -0.05) is 30.3 Å². The van der Waals surface area contributed by atoms with E-state index >= 15 is 0 Å². The van der Waals surface area contributed by atoms with E-state index in [0.29, 0.717) is 36.4 Å². The normalized spacial score (nSPS) is 15.0. The lowest BCUT2D eigenvalue weighted by atomic mass is 10.1. The molecule has 2 aromatic carbocycles. The first kappa shape index (κ1) is 20.9. The molecular weight excluding hydrogens is 437 g/mol. The molecule has 1 amide bonds. The molecule has 1 heterocycles. The van der Waals surface area contributed by atoms with E-state index in [1.165, 1.54) is 12.1 Å². The fraction of sp³-hybridized carbons (Fsp3) is 0.238. The number of halogens is 2. The number of anilines is 1. The van der Waals surface area contributed by atoms with Crippen LogP contribution >= 0.6 is 15.9 Å². The van der Waals surface area contributed by atoms with E-state index in [4.69, 9.17) is 11.1 Å². The monoisotopic (exact) mass is 459 g/mol. The largest absolute Gasteiger partial charge is 0.383 e. The molecule has 0 saturated carbocycles. The number of hydrogen-bond acceptors (Lipinski definition) is 4.